The number of halogens is 2. The van der Waals surface area contributed by atoms with Crippen molar-refractivity contribution in [1.82, 2.24) is 0 Å². The summed E-state index contributed by atoms with van der Waals surface area (Å²) in [6.07, 6.45) is 0. The molecule has 0 saturated carbocycles. The molecule has 0 aliphatic carbocycles. The Bertz CT molecular complexity index is 973. The lowest BCUT2D eigenvalue weighted by Crippen LogP contribution is -2.50. The van der Waals surface area contributed by atoms with Crippen molar-refractivity contribution < 1.29 is 42.0 Å². The molecule has 2 aliphatic rings. The van der Waals surface area contributed by atoms with Crippen LogP contribution >= 0.6 is 0 Å². The number of esters is 1. The molecule has 9 heteroatoms. The third kappa shape index (κ3) is 4.15. The molecular formula is C22H22F2O7. The summed E-state index contributed by atoms with van der Waals surface area (Å²) in [5.74, 6) is -0.198. The van der Waals surface area contributed by atoms with E-state index in [-0.39, 0.29) is 41.8 Å². The van der Waals surface area contributed by atoms with Crippen LogP contribution in [0.3, 0.4) is 0 Å². The highest BCUT2D eigenvalue weighted by atomic mass is 19.3. The summed E-state index contributed by atoms with van der Waals surface area (Å²) >= 11 is 0. The molecule has 2 aromatic carbocycles. The maximum absolute atomic E-state index is 12.9. The molecule has 0 bridgehead atoms. The van der Waals surface area contributed by atoms with Crippen molar-refractivity contribution in [2.75, 3.05) is 40.6 Å². The van der Waals surface area contributed by atoms with Crippen LogP contribution in [0.1, 0.15) is 15.9 Å². The van der Waals surface area contributed by atoms with E-state index in [9.17, 15) is 13.6 Å². The van der Waals surface area contributed by atoms with Gasteiger partial charge in [0.15, 0.2) is 11.5 Å². The number of hydrogen-bond donors (Lipinski definition) is 0. The molecule has 0 amide bonds. The van der Waals surface area contributed by atoms with Crippen molar-refractivity contribution in [2.24, 2.45) is 5.41 Å². The summed E-state index contributed by atoms with van der Waals surface area (Å²) in [7, 11) is 2.95. The fourth-order valence-electron chi connectivity index (χ4n) is 3.73. The van der Waals surface area contributed by atoms with E-state index in [1.54, 1.807) is 25.3 Å². The largest absolute Gasteiger partial charge is 0.490 e. The highest BCUT2D eigenvalue weighted by Gasteiger charge is 2.40. The molecule has 1 fully saturated rings. The lowest BCUT2D eigenvalue weighted by molar-refractivity contribution is -0.159. The average Bonchev–Trinajstić information content (AvgIpc) is 3.09. The highest BCUT2D eigenvalue weighted by Crippen LogP contribution is 2.46. The molecule has 0 radical (unpaired) electrons. The van der Waals surface area contributed by atoms with Gasteiger partial charge in [-0.15, -0.1) is 0 Å². The molecule has 4 rings (SSSR count). The molecule has 0 aromatic heterocycles. The number of hydrogen-bond acceptors (Lipinski definition) is 7. The van der Waals surface area contributed by atoms with Crippen LogP contribution in [0.5, 0.6) is 17.2 Å². The zero-order valence-electron chi connectivity index (χ0n) is 17.1. The van der Waals surface area contributed by atoms with Crippen LogP contribution in [-0.4, -0.2) is 53.2 Å². The van der Waals surface area contributed by atoms with Gasteiger partial charge in [-0.3, -0.25) is 0 Å². The maximum Gasteiger partial charge on any atom is 0.387 e. The molecule has 2 aromatic rings. The Balaban J connectivity index is 1.74. The van der Waals surface area contributed by atoms with Crippen molar-refractivity contribution in [1.29, 1.82) is 0 Å². The second-order valence-electron chi connectivity index (χ2n) is 7.51. The van der Waals surface area contributed by atoms with Gasteiger partial charge in [0.25, 0.3) is 0 Å². The van der Waals surface area contributed by atoms with Crippen molar-refractivity contribution >= 4 is 5.97 Å². The minimum Gasteiger partial charge on any atom is -0.490 e. The Kier molecular flexibility index (Phi) is 5.97. The maximum atomic E-state index is 12.9. The number of ether oxygens (including phenoxy) is 6. The van der Waals surface area contributed by atoms with Crippen molar-refractivity contribution in [3.05, 3.63) is 41.5 Å². The van der Waals surface area contributed by atoms with E-state index < -0.39 is 6.61 Å². The number of carbonyl (C=O) groups excluding carboxylic acids is 1. The van der Waals surface area contributed by atoms with Gasteiger partial charge in [0, 0.05) is 18.2 Å². The first-order valence-corrected chi connectivity index (χ1v) is 9.62. The second-order valence-corrected chi connectivity index (χ2v) is 7.51. The topological polar surface area (TPSA) is 72.5 Å². The Morgan fingerprint density at radius 3 is 2.48 bits per heavy atom. The van der Waals surface area contributed by atoms with Gasteiger partial charge in [0.1, 0.15) is 13.2 Å². The van der Waals surface area contributed by atoms with Gasteiger partial charge in [-0.05, 0) is 29.8 Å². The molecule has 0 atom stereocenters. The predicted octanol–water partition coefficient (Wildman–Crippen LogP) is 3.68. The predicted molar refractivity (Wildman–Crippen MR) is 105 cm³/mol. The van der Waals surface area contributed by atoms with Gasteiger partial charge in [-0.25, -0.2) is 4.79 Å². The van der Waals surface area contributed by atoms with Crippen LogP contribution < -0.4 is 14.2 Å². The summed E-state index contributed by atoms with van der Waals surface area (Å²) < 4.78 is 57.7. The average molecular weight is 436 g/mol. The molecule has 31 heavy (non-hydrogen) atoms. The van der Waals surface area contributed by atoms with Gasteiger partial charge in [0.05, 0.1) is 37.9 Å². The first-order valence-electron chi connectivity index (χ1n) is 9.62. The van der Waals surface area contributed by atoms with Gasteiger partial charge in [0.2, 0.25) is 5.75 Å². The number of fused-ring (bicyclic) bond motifs is 1. The fourth-order valence-corrected chi connectivity index (χ4v) is 3.73. The first-order chi connectivity index (χ1) is 15.0. The smallest absolute Gasteiger partial charge is 0.387 e. The van der Waals surface area contributed by atoms with Crippen LogP contribution in [0, 0.1) is 5.41 Å². The lowest BCUT2D eigenvalue weighted by Gasteiger charge is -2.40. The second kappa shape index (κ2) is 8.68. The van der Waals surface area contributed by atoms with E-state index in [4.69, 9.17) is 23.7 Å². The van der Waals surface area contributed by atoms with Crippen LogP contribution in [-0.2, 0) is 20.8 Å². The van der Waals surface area contributed by atoms with E-state index in [1.807, 2.05) is 6.07 Å². The van der Waals surface area contributed by atoms with E-state index in [0.717, 1.165) is 11.1 Å². The summed E-state index contributed by atoms with van der Waals surface area (Å²) in [5, 5.41) is 0. The molecule has 0 spiro atoms. The monoisotopic (exact) mass is 436 g/mol. The molecule has 2 heterocycles. The molecular weight excluding hydrogens is 414 g/mol. The Morgan fingerprint density at radius 2 is 1.84 bits per heavy atom. The van der Waals surface area contributed by atoms with Gasteiger partial charge >= 0.3 is 12.6 Å². The lowest BCUT2D eigenvalue weighted by atomic mass is 9.88. The van der Waals surface area contributed by atoms with Crippen molar-refractivity contribution in [2.45, 2.75) is 13.2 Å². The summed E-state index contributed by atoms with van der Waals surface area (Å²) in [5.41, 5.74) is 2.23. The number of cyclic esters (lactones) is 1. The zero-order chi connectivity index (χ0) is 22.0. The molecule has 7 nitrogen and oxygen atoms in total. The SMILES string of the molecule is COCC1(COc2c(-c3ccc4c(c3)COC4=O)ccc(OC(F)F)c2OC)COC1. The molecule has 166 valence electrons. The van der Waals surface area contributed by atoms with Gasteiger partial charge in [-0.1, -0.05) is 6.07 Å². The Morgan fingerprint density at radius 1 is 1.06 bits per heavy atom. The standard InChI is InChI=1S/C22H22F2O7/c1-26-9-22(10-28-11-22)12-30-18-15(5-6-17(19(18)27-2)31-21(23)24)13-3-4-16-14(7-13)8-29-20(16)25/h3-7,21H,8-12H2,1-2H3. The third-order valence-corrected chi connectivity index (χ3v) is 5.28. The van der Waals surface area contributed by atoms with Crippen molar-refractivity contribution in [3.63, 3.8) is 0 Å². The highest BCUT2D eigenvalue weighted by molar-refractivity contribution is 5.94. The van der Waals surface area contributed by atoms with E-state index in [1.165, 1.54) is 13.2 Å². The minimum absolute atomic E-state index is 0.0541. The number of benzene rings is 2. The van der Waals surface area contributed by atoms with Crippen molar-refractivity contribution in [3.8, 4) is 28.4 Å². The minimum atomic E-state index is -3.02. The zero-order valence-corrected chi connectivity index (χ0v) is 17.1. The quantitative estimate of drug-likeness (QED) is 0.556. The third-order valence-electron chi connectivity index (χ3n) is 5.28. The van der Waals surface area contributed by atoms with E-state index >= 15 is 0 Å². The molecule has 1 saturated heterocycles. The molecule has 2 aliphatic heterocycles. The van der Waals surface area contributed by atoms with Crippen LogP contribution in [0.15, 0.2) is 30.3 Å². The summed E-state index contributed by atoms with van der Waals surface area (Å²) in [6, 6.07) is 8.26. The van der Waals surface area contributed by atoms with E-state index in [2.05, 4.69) is 4.74 Å². The van der Waals surface area contributed by atoms with Crippen LogP contribution in [0.25, 0.3) is 11.1 Å². The number of carbonyl (C=O) groups is 1. The molecule has 0 N–H and O–H groups in total. The Hall–Kier alpha value is -2.91. The van der Waals surface area contributed by atoms with Crippen LogP contribution in [0.4, 0.5) is 8.78 Å². The first kappa shape index (κ1) is 21.3. The number of alkyl halides is 2. The fraction of sp³-hybridized carbons (Fsp3) is 0.409. The van der Waals surface area contributed by atoms with Gasteiger partial charge in [-0.2, -0.15) is 8.78 Å². The normalized spacial score (nSPS) is 16.5. The summed E-state index contributed by atoms with van der Waals surface area (Å²) in [4.78, 5) is 11.8. The molecule has 0 unspecified atom stereocenters. The number of rotatable bonds is 9. The summed E-state index contributed by atoms with van der Waals surface area (Å²) in [6.45, 7) is -1.26. The van der Waals surface area contributed by atoms with Crippen LogP contribution in [0.2, 0.25) is 0 Å². The van der Waals surface area contributed by atoms with Gasteiger partial charge < -0.3 is 28.4 Å². The number of methoxy groups -OCH3 is 2. The van der Waals surface area contributed by atoms with E-state index in [0.29, 0.717) is 30.9 Å². The Labute approximate surface area is 177 Å².